The third-order valence-electron chi connectivity index (χ3n) is 3.84. The standard InChI is InChI=1S/C19H27BrN6O5/c1-19(2,3)24-15(27)10-30-14-8-12(20)11(7-13(14)29-4)9-22-5-6-23-18(28)16-17(21)26-31-25-16/h7-8,22H,5-6,9-10H2,1-4H3,(H2,21,26)(H,23,28)(H,24,27). The van der Waals surface area contributed by atoms with E-state index in [9.17, 15) is 9.59 Å². The zero-order chi connectivity index (χ0) is 23.0. The highest BCUT2D eigenvalue weighted by atomic mass is 79.9. The first kappa shape index (κ1) is 24.4. The van der Waals surface area contributed by atoms with Gasteiger partial charge in [-0.25, -0.2) is 4.63 Å². The number of hydrogen-bond donors (Lipinski definition) is 4. The maximum atomic E-state index is 12.0. The Morgan fingerprint density at radius 1 is 1.19 bits per heavy atom. The number of methoxy groups -OCH3 is 1. The Kier molecular flexibility index (Phi) is 8.63. The Balaban J connectivity index is 1.84. The fourth-order valence-electron chi connectivity index (χ4n) is 2.51. The van der Waals surface area contributed by atoms with Crippen molar-refractivity contribution < 1.29 is 23.7 Å². The molecule has 1 aromatic carbocycles. The van der Waals surface area contributed by atoms with Gasteiger partial charge >= 0.3 is 0 Å². The third-order valence-corrected chi connectivity index (χ3v) is 4.58. The van der Waals surface area contributed by atoms with E-state index in [0.29, 0.717) is 31.1 Å². The molecule has 2 aromatic rings. The Labute approximate surface area is 188 Å². The highest BCUT2D eigenvalue weighted by Gasteiger charge is 2.17. The smallest absolute Gasteiger partial charge is 0.277 e. The van der Waals surface area contributed by atoms with Crippen molar-refractivity contribution >= 4 is 33.6 Å². The molecule has 5 N–H and O–H groups in total. The molecule has 0 aliphatic rings. The number of carbonyl (C=O) groups is 2. The first-order valence-electron chi connectivity index (χ1n) is 9.48. The Hall–Kier alpha value is -2.86. The Bertz CT molecular complexity index is 912. The summed E-state index contributed by atoms with van der Waals surface area (Å²) in [6.45, 7) is 6.93. The van der Waals surface area contributed by atoms with Crippen LogP contribution in [0.5, 0.6) is 11.5 Å². The third kappa shape index (κ3) is 7.72. The van der Waals surface area contributed by atoms with Gasteiger partial charge in [-0.3, -0.25) is 9.59 Å². The minimum atomic E-state index is -0.458. The maximum absolute atomic E-state index is 12.0. The highest BCUT2D eigenvalue weighted by Crippen LogP contribution is 2.33. The number of nitrogens with one attached hydrogen (secondary N) is 3. The number of nitrogens with zero attached hydrogens (tertiary/aromatic N) is 2. The first-order chi connectivity index (χ1) is 14.6. The number of nitrogens with two attached hydrogens (primary N) is 1. The van der Waals surface area contributed by atoms with E-state index in [4.69, 9.17) is 15.2 Å². The van der Waals surface area contributed by atoms with Gasteiger partial charge in [0.05, 0.1) is 7.11 Å². The van der Waals surface area contributed by atoms with Gasteiger partial charge in [-0.15, -0.1) is 0 Å². The summed E-state index contributed by atoms with van der Waals surface area (Å²) >= 11 is 3.51. The fourth-order valence-corrected chi connectivity index (χ4v) is 2.97. The molecule has 31 heavy (non-hydrogen) atoms. The molecule has 0 radical (unpaired) electrons. The average molecular weight is 499 g/mol. The molecule has 0 unspecified atom stereocenters. The van der Waals surface area contributed by atoms with E-state index < -0.39 is 5.91 Å². The van der Waals surface area contributed by atoms with Gasteiger partial charge in [0, 0.05) is 29.6 Å². The molecule has 0 saturated carbocycles. The summed E-state index contributed by atoms with van der Waals surface area (Å²) in [4.78, 5) is 23.9. The number of aromatic nitrogens is 2. The molecule has 1 aromatic heterocycles. The maximum Gasteiger partial charge on any atom is 0.277 e. The van der Waals surface area contributed by atoms with Gasteiger partial charge in [0.25, 0.3) is 11.8 Å². The summed E-state index contributed by atoms with van der Waals surface area (Å²) in [5.41, 5.74) is 6.01. The summed E-state index contributed by atoms with van der Waals surface area (Å²) in [5, 5.41) is 15.5. The monoisotopic (exact) mass is 498 g/mol. The number of hydrogen-bond acceptors (Lipinski definition) is 9. The zero-order valence-electron chi connectivity index (χ0n) is 17.9. The van der Waals surface area contributed by atoms with E-state index in [1.54, 1.807) is 6.07 Å². The minimum absolute atomic E-state index is 0.0424. The van der Waals surface area contributed by atoms with Crippen LogP contribution in [0.3, 0.4) is 0 Å². The number of rotatable bonds is 10. The van der Waals surface area contributed by atoms with Crippen LogP contribution in [-0.2, 0) is 11.3 Å². The van der Waals surface area contributed by atoms with Gasteiger partial charge in [-0.1, -0.05) is 15.9 Å². The lowest BCUT2D eigenvalue weighted by molar-refractivity contribution is -0.124. The van der Waals surface area contributed by atoms with Crippen molar-refractivity contribution in [3.63, 3.8) is 0 Å². The zero-order valence-corrected chi connectivity index (χ0v) is 19.5. The molecule has 0 aliphatic carbocycles. The van der Waals surface area contributed by atoms with Gasteiger partial charge in [0.2, 0.25) is 11.5 Å². The van der Waals surface area contributed by atoms with Gasteiger partial charge in [-0.05, 0) is 48.8 Å². The lowest BCUT2D eigenvalue weighted by Gasteiger charge is -2.21. The summed E-state index contributed by atoms with van der Waals surface area (Å²) in [5.74, 6) is 0.223. The number of nitrogen functional groups attached to an aromatic ring is 1. The van der Waals surface area contributed by atoms with Gasteiger partial charge in [-0.2, -0.15) is 0 Å². The van der Waals surface area contributed by atoms with Crippen molar-refractivity contribution in [1.82, 2.24) is 26.3 Å². The molecule has 0 fully saturated rings. The van der Waals surface area contributed by atoms with Crippen molar-refractivity contribution in [2.45, 2.75) is 32.9 Å². The molecule has 12 heteroatoms. The van der Waals surface area contributed by atoms with Crippen molar-refractivity contribution in [3.05, 3.63) is 27.9 Å². The second-order valence-electron chi connectivity index (χ2n) is 7.61. The summed E-state index contributed by atoms with van der Waals surface area (Å²) in [7, 11) is 1.53. The molecule has 0 aliphatic heterocycles. The lowest BCUT2D eigenvalue weighted by Crippen LogP contribution is -2.43. The van der Waals surface area contributed by atoms with Gasteiger partial charge in [0.1, 0.15) is 0 Å². The van der Waals surface area contributed by atoms with Gasteiger partial charge < -0.3 is 31.2 Å². The minimum Gasteiger partial charge on any atom is -0.493 e. The number of anilines is 1. The topological polar surface area (TPSA) is 154 Å². The van der Waals surface area contributed by atoms with Crippen LogP contribution >= 0.6 is 15.9 Å². The fraction of sp³-hybridized carbons (Fsp3) is 0.474. The van der Waals surface area contributed by atoms with Crippen LogP contribution in [0.4, 0.5) is 5.82 Å². The molecule has 0 saturated heterocycles. The number of ether oxygens (including phenoxy) is 2. The largest absolute Gasteiger partial charge is 0.493 e. The van der Waals surface area contributed by atoms with Crippen LogP contribution in [0.1, 0.15) is 36.8 Å². The van der Waals surface area contributed by atoms with Crippen LogP contribution in [0.25, 0.3) is 0 Å². The molecule has 170 valence electrons. The molecular formula is C19H27BrN6O5. The van der Waals surface area contributed by atoms with Crippen LogP contribution in [0.2, 0.25) is 0 Å². The van der Waals surface area contributed by atoms with Gasteiger partial charge in [0.15, 0.2) is 18.1 Å². The molecule has 2 rings (SSSR count). The van der Waals surface area contributed by atoms with E-state index in [2.05, 4.69) is 46.8 Å². The molecule has 1 heterocycles. The molecule has 2 amide bonds. The Morgan fingerprint density at radius 3 is 2.55 bits per heavy atom. The molecule has 0 spiro atoms. The highest BCUT2D eigenvalue weighted by molar-refractivity contribution is 9.10. The van der Waals surface area contributed by atoms with Crippen LogP contribution < -0.4 is 31.2 Å². The number of carbonyl (C=O) groups excluding carboxylic acids is 2. The Morgan fingerprint density at radius 2 is 1.94 bits per heavy atom. The van der Waals surface area contributed by atoms with E-state index in [1.807, 2.05) is 26.8 Å². The first-order valence-corrected chi connectivity index (χ1v) is 10.3. The number of amides is 2. The molecular weight excluding hydrogens is 472 g/mol. The quantitative estimate of drug-likeness (QED) is 0.354. The molecule has 0 atom stereocenters. The number of benzene rings is 1. The summed E-state index contributed by atoms with van der Waals surface area (Å²) in [6.07, 6.45) is 0. The van der Waals surface area contributed by atoms with Crippen molar-refractivity contribution in [1.29, 1.82) is 0 Å². The van der Waals surface area contributed by atoms with Crippen molar-refractivity contribution in [2.24, 2.45) is 0 Å². The average Bonchev–Trinajstić information content (AvgIpc) is 3.11. The van der Waals surface area contributed by atoms with Crippen molar-refractivity contribution in [3.8, 4) is 11.5 Å². The van der Waals surface area contributed by atoms with Crippen LogP contribution in [0, 0.1) is 0 Å². The van der Waals surface area contributed by atoms with Crippen LogP contribution in [-0.4, -0.2) is 54.5 Å². The van der Waals surface area contributed by atoms with E-state index in [-0.39, 0.29) is 29.6 Å². The normalized spacial score (nSPS) is 11.1. The summed E-state index contributed by atoms with van der Waals surface area (Å²) in [6, 6.07) is 3.57. The predicted molar refractivity (Wildman–Crippen MR) is 117 cm³/mol. The lowest BCUT2D eigenvalue weighted by atomic mass is 10.1. The van der Waals surface area contributed by atoms with E-state index in [1.165, 1.54) is 7.11 Å². The molecule has 0 bridgehead atoms. The SMILES string of the molecule is COc1cc(CNCCNC(=O)c2nonc2N)c(Br)cc1OCC(=O)NC(C)(C)C. The van der Waals surface area contributed by atoms with E-state index >= 15 is 0 Å². The predicted octanol–water partition coefficient (Wildman–Crippen LogP) is 1.24. The molecule has 11 nitrogen and oxygen atoms in total. The van der Waals surface area contributed by atoms with Crippen LogP contribution in [0.15, 0.2) is 21.2 Å². The number of halogens is 1. The van der Waals surface area contributed by atoms with Crippen molar-refractivity contribution in [2.75, 3.05) is 32.5 Å². The summed E-state index contributed by atoms with van der Waals surface area (Å²) < 4.78 is 16.2. The van der Waals surface area contributed by atoms with E-state index in [0.717, 1.165) is 10.0 Å². The second kappa shape index (κ2) is 11.0. The second-order valence-corrected chi connectivity index (χ2v) is 8.47.